The van der Waals surface area contributed by atoms with Crippen molar-refractivity contribution in [2.45, 2.75) is 39.2 Å². The molecule has 2 heterocycles. The lowest BCUT2D eigenvalue weighted by Gasteiger charge is -2.19. The normalized spacial score (nSPS) is 13.3. The van der Waals surface area contributed by atoms with Crippen molar-refractivity contribution in [3.63, 3.8) is 0 Å². The Hall–Kier alpha value is -1.55. The summed E-state index contributed by atoms with van der Waals surface area (Å²) in [5.41, 5.74) is -0.144. The standard InChI is InChI=1S/C14H18ClN3O/c1-9(10-6-5-7-19-10)16-12-8-11(15)17-13(18-12)14(2,3)4/h5-9H,1-4H3,(H,16,17,18). The van der Waals surface area contributed by atoms with E-state index in [2.05, 4.69) is 36.1 Å². The Morgan fingerprint density at radius 3 is 2.63 bits per heavy atom. The van der Waals surface area contributed by atoms with Crippen LogP contribution in [0.1, 0.15) is 45.3 Å². The molecule has 0 amide bonds. The molecule has 0 saturated carbocycles. The molecule has 0 bridgehead atoms. The summed E-state index contributed by atoms with van der Waals surface area (Å²) in [6.07, 6.45) is 1.65. The van der Waals surface area contributed by atoms with Crippen LogP contribution >= 0.6 is 11.6 Å². The first-order valence-corrected chi connectivity index (χ1v) is 6.59. The second kappa shape index (κ2) is 5.21. The van der Waals surface area contributed by atoms with Gasteiger partial charge in [0.05, 0.1) is 12.3 Å². The quantitative estimate of drug-likeness (QED) is 0.856. The van der Waals surface area contributed by atoms with Crippen molar-refractivity contribution in [1.82, 2.24) is 9.97 Å². The largest absolute Gasteiger partial charge is 0.467 e. The zero-order valence-electron chi connectivity index (χ0n) is 11.6. The summed E-state index contributed by atoms with van der Waals surface area (Å²) in [6, 6.07) is 5.52. The van der Waals surface area contributed by atoms with E-state index in [1.165, 1.54) is 0 Å². The van der Waals surface area contributed by atoms with Gasteiger partial charge in [-0.2, -0.15) is 0 Å². The third-order valence-electron chi connectivity index (χ3n) is 2.70. The number of anilines is 1. The molecule has 0 radical (unpaired) electrons. The van der Waals surface area contributed by atoms with Crippen molar-refractivity contribution in [3.8, 4) is 0 Å². The number of nitrogens with one attached hydrogen (secondary N) is 1. The molecule has 0 aliphatic rings. The maximum Gasteiger partial charge on any atom is 0.137 e. The molecule has 1 atom stereocenters. The smallest absolute Gasteiger partial charge is 0.137 e. The van der Waals surface area contributed by atoms with Crippen LogP contribution in [0.15, 0.2) is 28.9 Å². The Balaban J connectivity index is 2.23. The molecular formula is C14H18ClN3O. The average molecular weight is 280 g/mol. The number of hydrogen-bond donors (Lipinski definition) is 1. The van der Waals surface area contributed by atoms with Crippen molar-refractivity contribution in [1.29, 1.82) is 0 Å². The van der Waals surface area contributed by atoms with Gasteiger partial charge < -0.3 is 9.73 Å². The fourth-order valence-electron chi connectivity index (χ4n) is 1.66. The minimum absolute atomic E-state index is 0.0220. The van der Waals surface area contributed by atoms with Crippen molar-refractivity contribution >= 4 is 17.4 Å². The summed E-state index contributed by atoms with van der Waals surface area (Å²) >= 11 is 6.05. The average Bonchev–Trinajstić information content (AvgIpc) is 2.80. The van der Waals surface area contributed by atoms with E-state index in [1.807, 2.05) is 19.1 Å². The molecule has 2 rings (SSSR count). The molecule has 5 heteroatoms. The summed E-state index contributed by atoms with van der Waals surface area (Å²) in [7, 11) is 0. The maximum absolute atomic E-state index is 6.05. The topological polar surface area (TPSA) is 51.0 Å². The van der Waals surface area contributed by atoms with Gasteiger partial charge in [-0.05, 0) is 19.1 Å². The number of halogens is 1. The molecule has 1 N–H and O–H groups in total. The third kappa shape index (κ3) is 3.47. The second-order valence-corrected chi connectivity index (χ2v) is 5.92. The van der Waals surface area contributed by atoms with Gasteiger partial charge in [0, 0.05) is 11.5 Å². The Morgan fingerprint density at radius 2 is 2.05 bits per heavy atom. The molecule has 0 saturated heterocycles. The fourth-order valence-corrected chi connectivity index (χ4v) is 1.84. The van der Waals surface area contributed by atoms with Crippen molar-refractivity contribution < 1.29 is 4.42 Å². The minimum Gasteiger partial charge on any atom is -0.467 e. The highest BCUT2D eigenvalue weighted by atomic mass is 35.5. The number of furan rings is 1. The first-order valence-electron chi connectivity index (χ1n) is 6.21. The molecule has 19 heavy (non-hydrogen) atoms. The van der Waals surface area contributed by atoms with E-state index in [9.17, 15) is 0 Å². The van der Waals surface area contributed by atoms with Gasteiger partial charge in [0.25, 0.3) is 0 Å². The summed E-state index contributed by atoms with van der Waals surface area (Å²) in [6.45, 7) is 8.17. The highest BCUT2D eigenvalue weighted by Crippen LogP contribution is 2.24. The van der Waals surface area contributed by atoms with E-state index in [0.29, 0.717) is 16.8 Å². The maximum atomic E-state index is 6.05. The zero-order chi connectivity index (χ0) is 14.0. The van der Waals surface area contributed by atoms with Crippen LogP contribution in [0.4, 0.5) is 5.82 Å². The van der Waals surface area contributed by atoms with Crippen molar-refractivity contribution in [2.75, 3.05) is 5.32 Å². The number of rotatable bonds is 3. The van der Waals surface area contributed by atoms with Crippen LogP contribution in [0.3, 0.4) is 0 Å². The molecule has 2 aromatic heterocycles. The number of hydrogen-bond acceptors (Lipinski definition) is 4. The predicted molar refractivity (Wildman–Crippen MR) is 76.5 cm³/mol. The van der Waals surface area contributed by atoms with Crippen LogP contribution < -0.4 is 5.32 Å². The van der Waals surface area contributed by atoms with Crippen LogP contribution in [0.25, 0.3) is 0 Å². The lowest BCUT2D eigenvalue weighted by atomic mass is 9.96. The Labute approximate surface area is 118 Å². The van der Waals surface area contributed by atoms with E-state index in [1.54, 1.807) is 12.3 Å². The molecule has 4 nitrogen and oxygen atoms in total. The summed E-state index contributed by atoms with van der Waals surface area (Å²) in [5, 5.41) is 3.71. The van der Waals surface area contributed by atoms with Crippen molar-refractivity contribution in [2.24, 2.45) is 0 Å². The molecule has 1 unspecified atom stereocenters. The summed E-state index contributed by atoms with van der Waals surface area (Å²) in [4.78, 5) is 8.77. The van der Waals surface area contributed by atoms with Gasteiger partial charge >= 0.3 is 0 Å². The summed E-state index contributed by atoms with van der Waals surface area (Å²) < 4.78 is 5.36. The van der Waals surface area contributed by atoms with Gasteiger partial charge in [-0.15, -0.1) is 0 Å². The third-order valence-corrected chi connectivity index (χ3v) is 2.89. The molecule has 0 fully saturated rings. The second-order valence-electron chi connectivity index (χ2n) is 5.53. The fraction of sp³-hybridized carbons (Fsp3) is 0.429. The first-order chi connectivity index (χ1) is 8.86. The predicted octanol–water partition coefficient (Wildman–Crippen LogP) is 4.19. The van der Waals surface area contributed by atoms with Crippen LogP contribution in [0, 0.1) is 0 Å². The molecule has 2 aromatic rings. The first kappa shape index (κ1) is 13.9. The molecule has 0 spiro atoms. The van der Waals surface area contributed by atoms with Gasteiger partial charge in [0.2, 0.25) is 0 Å². The highest BCUT2D eigenvalue weighted by molar-refractivity contribution is 6.29. The Bertz CT molecular complexity index is 546. The highest BCUT2D eigenvalue weighted by Gasteiger charge is 2.19. The zero-order valence-corrected chi connectivity index (χ0v) is 12.3. The monoisotopic (exact) mass is 279 g/mol. The lowest BCUT2D eigenvalue weighted by Crippen LogP contribution is -2.18. The molecule has 0 aliphatic carbocycles. The number of nitrogens with zero attached hydrogens (tertiary/aromatic N) is 2. The lowest BCUT2D eigenvalue weighted by molar-refractivity contribution is 0.489. The van der Waals surface area contributed by atoms with Gasteiger partial charge in [0.1, 0.15) is 22.6 Å². The van der Waals surface area contributed by atoms with Crippen LogP contribution in [-0.2, 0) is 5.41 Å². The van der Waals surface area contributed by atoms with Crippen molar-refractivity contribution in [3.05, 3.63) is 41.2 Å². The SMILES string of the molecule is CC(Nc1cc(Cl)nc(C(C)(C)C)n1)c1ccco1. The van der Waals surface area contributed by atoms with Gasteiger partial charge in [-0.25, -0.2) is 9.97 Å². The van der Waals surface area contributed by atoms with E-state index in [-0.39, 0.29) is 11.5 Å². The summed E-state index contributed by atoms with van der Waals surface area (Å²) in [5.74, 6) is 2.27. The van der Waals surface area contributed by atoms with Crippen LogP contribution in [0.2, 0.25) is 5.15 Å². The minimum atomic E-state index is -0.144. The molecule has 102 valence electrons. The Morgan fingerprint density at radius 1 is 1.32 bits per heavy atom. The number of aromatic nitrogens is 2. The van der Waals surface area contributed by atoms with Crippen LogP contribution in [-0.4, -0.2) is 9.97 Å². The van der Waals surface area contributed by atoms with E-state index < -0.39 is 0 Å². The molecule has 0 aromatic carbocycles. The van der Waals surface area contributed by atoms with E-state index >= 15 is 0 Å². The van der Waals surface area contributed by atoms with Gasteiger partial charge in [-0.1, -0.05) is 32.4 Å². The van der Waals surface area contributed by atoms with Crippen LogP contribution in [0.5, 0.6) is 0 Å². The molecular weight excluding hydrogens is 262 g/mol. The Kier molecular flexibility index (Phi) is 3.80. The molecule has 0 aliphatic heterocycles. The van der Waals surface area contributed by atoms with E-state index in [0.717, 1.165) is 5.76 Å². The van der Waals surface area contributed by atoms with Gasteiger partial charge in [-0.3, -0.25) is 0 Å². The van der Waals surface area contributed by atoms with Gasteiger partial charge in [0.15, 0.2) is 0 Å². The van der Waals surface area contributed by atoms with E-state index in [4.69, 9.17) is 16.0 Å².